The Kier molecular flexibility index (Phi) is 4.38. The normalized spacial score (nSPS) is 10.7. The number of hydrogen-bond acceptors (Lipinski definition) is 4. The van der Waals surface area contributed by atoms with Gasteiger partial charge in [0.25, 0.3) is 5.91 Å². The highest BCUT2D eigenvalue weighted by Gasteiger charge is 2.15. The molecule has 1 aromatic heterocycles. The summed E-state index contributed by atoms with van der Waals surface area (Å²) >= 11 is 0. The summed E-state index contributed by atoms with van der Waals surface area (Å²) in [6.45, 7) is -0.0396. The number of benzene rings is 2. The second kappa shape index (κ2) is 6.63. The largest absolute Gasteiger partial charge is 0.489 e. The summed E-state index contributed by atoms with van der Waals surface area (Å²) in [5.74, 6) is -5.11. The molecule has 3 aromatic rings. The van der Waals surface area contributed by atoms with Crippen molar-refractivity contribution in [2.75, 3.05) is 0 Å². The number of aromatic nitrogens is 3. The van der Waals surface area contributed by atoms with Gasteiger partial charge in [0.05, 0.1) is 0 Å². The number of ether oxygens (including phenoxy) is 1. The fraction of sp³-hybridized carbons (Fsp3) is 0.0625. The molecule has 1 heterocycles. The molecular formula is C16H11F3N4O2. The van der Waals surface area contributed by atoms with Crippen LogP contribution in [0.4, 0.5) is 13.2 Å². The van der Waals surface area contributed by atoms with Gasteiger partial charge in [-0.3, -0.25) is 4.79 Å². The first-order valence-electron chi connectivity index (χ1n) is 7.03. The average Bonchev–Trinajstić information content (AvgIpc) is 3.08. The first-order chi connectivity index (χ1) is 12.0. The number of rotatable bonds is 5. The topological polar surface area (TPSA) is 93.9 Å². The third-order valence-corrected chi connectivity index (χ3v) is 3.34. The molecule has 0 radical (unpaired) electrons. The minimum Gasteiger partial charge on any atom is -0.489 e. The van der Waals surface area contributed by atoms with Crippen molar-refractivity contribution in [3.8, 4) is 17.0 Å². The maximum absolute atomic E-state index is 13.2. The van der Waals surface area contributed by atoms with Crippen molar-refractivity contribution in [1.82, 2.24) is 15.4 Å². The van der Waals surface area contributed by atoms with Gasteiger partial charge >= 0.3 is 0 Å². The zero-order valence-corrected chi connectivity index (χ0v) is 12.6. The highest BCUT2D eigenvalue weighted by Crippen LogP contribution is 2.23. The number of nitrogens with two attached hydrogens (primary N) is 1. The first-order valence-corrected chi connectivity index (χ1v) is 7.03. The van der Waals surface area contributed by atoms with Gasteiger partial charge < -0.3 is 10.5 Å². The van der Waals surface area contributed by atoms with E-state index in [2.05, 4.69) is 15.4 Å². The van der Waals surface area contributed by atoms with E-state index in [-0.39, 0.29) is 23.7 Å². The highest BCUT2D eigenvalue weighted by atomic mass is 19.2. The summed E-state index contributed by atoms with van der Waals surface area (Å²) in [4.78, 5) is 11.3. The Balaban J connectivity index is 1.81. The molecule has 0 saturated carbocycles. The summed E-state index contributed by atoms with van der Waals surface area (Å²) in [6, 6.07) is 8.23. The van der Waals surface area contributed by atoms with E-state index in [1.807, 2.05) is 0 Å². The van der Waals surface area contributed by atoms with Crippen LogP contribution in [0.3, 0.4) is 0 Å². The number of carbonyl (C=O) groups excluding carboxylic acids is 1. The minimum absolute atomic E-state index is 0.0132. The number of nitrogens with one attached hydrogen (secondary N) is 1. The molecule has 2 aromatic carbocycles. The van der Waals surface area contributed by atoms with E-state index in [9.17, 15) is 18.0 Å². The van der Waals surface area contributed by atoms with Gasteiger partial charge in [-0.15, -0.1) is 0 Å². The van der Waals surface area contributed by atoms with Crippen molar-refractivity contribution in [3.05, 3.63) is 65.1 Å². The van der Waals surface area contributed by atoms with Crippen LogP contribution in [0.15, 0.2) is 36.4 Å². The Hall–Kier alpha value is -3.36. The second-order valence-electron chi connectivity index (χ2n) is 5.08. The molecule has 25 heavy (non-hydrogen) atoms. The molecule has 1 amide bonds. The Bertz CT molecular complexity index is 920. The zero-order valence-electron chi connectivity index (χ0n) is 12.6. The lowest BCUT2D eigenvalue weighted by Gasteiger charge is -2.08. The molecule has 0 aliphatic rings. The lowest BCUT2D eigenvalue weighted by molar-refractivity contribution is 0.0996. The smallest absolute Gasteiger partial charge is 0.271 e. The summed E-state index contributed by atoms with van der Waals surface area (Å²) in [5.41, 5.74) is 6.66. The first kappa shape index (κ1) is 16.5. The van der Waals surface area contributed by atoms with Crippen LogP contribution in [0.2, 0.25) is 0 Å². The number of primary amides is 1. The summed E-state index contributed by atoms with van der Waals surface area (Å²) in [5, 5.41) is 9.89. The highest BCUT2D eigenvalue weighted by molar-refractivity contribution is 5.96. The molecule has 0 aliphatic heterocycles. The standard InChI is InChI=1S/C16H11F3N4O2/c17-11-5-10(6-12(18)13(11)19)25-7-8-2-1-3-9(4-8)14-15(16(20)24)22-23-21-14/h1-6H,7H2,(H2,20,24)(H,21,22,23). The summed E-state index contributed by atoms with van der Waals surface area (Å²) in [7, 11) is 0. The van der Waals surface area contributed by atoms with E-state index in [1.54, 1.807) is 24.3 Å². The van der Waals surface area contributed by atoms with Crippen LogP contribution in [0.5, 0.6) is 5.75 Å². The van der Waals surface area contributed by atoms with Gasteiger partial charge in [-0.25, -0.2) is 13.2 Å². The Morgan fingerprint density at radius 1 is 1.12 bits per heavy atom. The van der Waals surface area contributed by atoms with E-state index >= 15 is 0 Å². The molecule has 0 unspecified atom stereocenters. The van der Waals surface area contributed by atoms with Crippen LogP contribution in [-0.2, 0) is 6.61 Å². The van der Waals surface area contributed by atoms with Crippen molar-refractivity contribution >= 4 is 5.91 Å². The number of H-pyrrole nitrogens is 1. The van der Waals surface area contributed by atoms with Crippen LogP contribution >= 0.6 is 0 Å². The minimum atomic E-state index is -1.56. The van der Waals surface area contributed by atoms with Crippen molar-refractivity contribution in [2.24, 2.45) is 5.73 Å². The lowest BCUT2D eigenvalue weighted by atomic mass is 10.1. The predicted molar refractivity (Wildman–Crippen MR) is 81.0 cm³/mol. The molecule has 0 fully saturated rings. The van der Waals surface area contributed by atoms with Crippen molar-refractivity contribution < 1.29 is 22.7 Å². The number of nitrogens with zero attached hydrogens (tertiary/aromatic N) is 2. The third-order valence-electron chi connectivity index (χ3n) is 3.34. The molecule has 9 heteroatoms. The third kappa shape index (κ3) is 3.44. The van der Waals surface area contributed by atoms with Gasteiger partial charge in [-0.05, 0) is 11.6 Å². The SMILES string of the molecule is NC(=O)c1n[nH]nc1-c1cccc(COc2cc(F)c(F)c(F)c2)c1. The monoisotopic (exact) mass is 348 g/mol. The quantitative estimate of drug-likeness (QED) is 0.693. The lowest BCUT2D eigenvalue weighted by Crippen LogP contribution is -2.12. The molecule has 0 spiro atoms. The zero-order chi connectivity index (χ0) is 18.0. The second-order valence-corrected chi connectivity index (χ2v) is 5.08. The molecule has 0 aliphatic carbocycles. The number of aromatic amines is 1. The van der Waals surface area contributed by atoms with Gasteiger partial charge in [0.2, 0.25) is 0 Å². The van der Waals surface area contributed by atoms with Gasteiger partial charge in [0, 0.05) is 17.7 Å². The Labute approximate surface area is 139 Å². The van der Waals surface area contributed by atoms with Crippen molar-refractivity contribution in [3.63, 3.8) is 0 Å². The van der Waals surface area contributed by atoms with E-state index < -0.39 is 23.4 Å². The van der Waals surface area contributed by atoms with Gasteiger partial charge in [-0.1, -0.05) is 18.2 Å². The van der Waals surface area contributed by atoms with E-state index in [4.69, 9.17) is 10.5 Å². The van der Waals surface area contributed by atoms with Crippen LogP contribution in [-0.4, -0.2) is 21.3 Å². The molecule has 0 saturated heterocycles. The van der Waals surface area contributed by atoms with Gasteiger partial charge in [0.1, 0.15) is 18.1 Å². The number of carbonyl (C=O) groups is 1. The molecule has 0 bridgehead atoms. The number of halogens is 3. The predicted octanol–water partition coefficient (Wildman–Crippen LogP) is 2.57. The van der Waals surface area contributed by atoms with Crippen molar-refractivity contribution in [2.45, 2.75) is 6.61 Å². The van der Waals surface area contributed by atoms with E-state index in [0.29, 0.717) is 11.1 Å². The maximum atomic E-state index is 13.2. The Morgan fingerprint density at radius 3 is 2.52 bits per heavy atom. The van der Waals surface area contributed by atoms with E-state index in [1.165, 1.54) is 0 Å². The van der Waals surface area contributed by atoms with Gasteiger partial charge in [0.15, 0.2) is 23.1 Å². The van der Waals surface area contributed by atoms with Crippen molar-refractivity contribution in [1.29, 1.82) is 0 Å². The molecule has 3 N–H and O–H groups in total. The van der Waals surface area contributed by atoms with E-state index in [0.717, 1.165) is 12.1 Å². The van der Waals surface area contributed by atoms with Crippen LogP contribution < -0.4 is 10.5 Å². The fourth-order valence-electron chi connectivity index (χ4n) is 2.19. The number of amides is 1. The van der Waals surface area contributed by atoms with Gasteiger partial charge in [-0.2, -0.15) is 15.4 Å². The molecule has 0 atom stereocenters. The molecule has 3 rings (SSSR count). The summed E-state index contributed by atoms with van der Waals surface area (Å²) < 4.78 is 44.6. The summed E-state index contributed by atoms with van der Waals surface area (Å²) in [6.07, 6.45) is 0. The fourth-order valence-corrected chi connectivity index (χ4v) is 2.19. The Morgan fingerprint density at radius 2 is 1.84 bits per heavy atom. The maximum Gasteiger partial charge on any atom is 0.271 e. The van der Waals surface area contributed by atoms with Crippen LogP contribution in [0.1, 0.15) is 16.1 Å². The van der Waals surface area contributed by atoms with Crippen LogP contribution in [0.25, 0.3) is 11.3 Å². The van der Waals surface area contributed by atoms with Crippen LogP contribution in [0, 0.1) is 17.5 Å². The molecule has 128 valence electrons. The average molecular weight is 348 g/mol. The molecule has 6 nitrogen and oxygen atoms in total. The number of hydrogen-bond donors (Lipinski definition) is 2. The molecular weight excluding hydrogens is 337 g/mol.